The van der Waals surface area contributed by atoms with Crippen molar-refractivity contribution in [1.82, 2.24) is 5.32 Å². The van der Waals surface area contributed by atoms with Crippen molar-refractivity contribution in [3.8, 4) is 11.5 Å². The van der Waals surface area contributed by atoms with Crippen LogP contribution in [0.25, 0.3) is 6.08 Å². The largest absolute Gasteiger partial charge is 0.493 e. The van der Waals surface area contributed by atoms with Gasteiger partial charge in [0.25, 0.3) is 11.8 Å². The number of imide groups is 2. The number of ether oxygens (including phenoxy) is 3. The maximum absolute atomic E-state index is 13.3. The Bertz CT molecular complexity index is 1490. The summed E-state index contributed by atoms with van der Waals surface area (Å²) in [6.45, 7) is 2.17. The number of methoxy groups -OCH3 is 1. The molecule has 4 amide bonds. The van der Waals surface area contributed by atoms with Gasteiger partial charge in [0.05, 0.1) is 29.4 Å². The number of urea groups is 1. The number of esters is 1. The summed E-state index contributed by atoms with van der Waals surface area (Å²) in [7, 11) is 1.48. The molecule has 0 spiro atoms. The first kappa shape index (κ1) is 28.1. The van der Waals surface area contributed by atoms with Crippen molar-refractivity contribution in [1.29, 1.82) is 0 Å². The molecule has 0 atom stereocenters. The molecule has 0 unspecified atom stereocenters. The van der Waals surface area contributed by atoms with Crippen molar-refractivity contribution in [3.63, 3.8) is 0 Å². The number of nitrogens with zero attached hydrogens (tertiary/aromatic N) is 1. The fraction of sp³-hybridized carbons (Fsp3) is 0.143. The minimum Gasteiger partial charge on any atom is -0.493 e. The molecule has 1 aliphatic rings. The third kappa shape index (κ3) is 6.21. The van der Waals surface area contributed by atoms with E-state index >= 15 is 0 Å². The highest BCUT2D eigenvalue weighted by Gasteiger charge is 2.37. The minimum atomic E-state index is -0.902. The number of anilines is 1. The van der Waals surface area contributed by atoms with Crippen LogP contribution in [-0.4, -0.2) is 37.5 Å². The summed E-state index contributed by atoms with van der Waals surface area (Å²) >= 11 is 6.97. The normalized spacial score (nSPS) is 14.3. The van der Waals surface area contributed by atoms with E-state index in [1.165, 1.54) is 37.5 Å². The molecule has 0 saturated carbocycles. The van der Waals surface area contributed by atoms with Gasteiger partial charge in [-0.3, -0.25) is 14.9 Å². The Labute approximate surface area is 241 Å². The average molecular weight is 658 g/mol. The van der Waals surface area contributed by atoms with Crippen molar-refractivity contribution in [2.45, 2.75) is 13.5 Å². The number of nitrogens with one attached hydrogen (secondary N) is 1. The van der Waals surface area contributed by atoms with Crippen LogP contribution in [-0.2, 0) is 20.9 Å². The first-order valence-corrected chi connectivity index (χ1v) is 13.2. The van der Waals surface area contributed by atoms with E-state index in [-0.39, 0.29) is 30.0 Å². The van der Waals surface area contributed by atoms with Gasteiger partial charge in [-0.1, -0.05) is 34.1 Å². The number of hydrogen-bond acceptors (Lipinski definition) is 7. The summed E-state index contributed by atoms with van der Waals surface area (Å²) in [4.78, 5) is 51.2. The molecular weight excluding hydrogens is 636 g/mol. The van der Waals surface area contributed by atoms with Crippen LogP contribution in [0.3, 0.4) is 0 Å². The van der Waals surface area contributed by atoms with Gasteiger partial charge in [-0.2, -0.15) is 0 Å². The van der Waals surface area contributed by atoms with Crippen molar-refractivity contribution in [3.05, 3.63) is 91.9 Å². The number of amides is 4. The molecule has 1 heterocycles. The number of rotatable bonds is 8. The monoisotopic (exact) mass is 656 g/mol. The minimum absolute atomic E-state index is 0.179. The van der Waals surface area contributed by atoms with Gasteiger partial charge < -0.3 is 14.2 Å². The van der Waals surface area contributed by atoms with E-state index in [2.05, 4.69) is 37.2 Å². The second-order valence-corrected chi connectivity index (χ2v) is 9.85. The van der Waals surface area contributed by atoms with E-state index in [1.54, 1.807) is 19.1 Å². The lowest BCUT2D eigenvalue weighted by molar-refractivity contribution is -0.122. The van der Waals surface area contributed by atoms with Crippen LogP contribution in [0.15, 0.2) is 75.2 Å². The molecule has 0 radical (unpaired) electrons. The molecule has 0 aliphatic carbocycles. The maximum Gasteiger partial charge on any atom is 0.338 e. The van der Waals surface area contributed by atoms with Gasteiger partial charge in [0.15, 0.2) is 11.5 Å². The van der Waals surface area contributed by atoms with E-state index < -0.39 is 23.8 Å². The molecule has 1 aliphatic heterocycles. The number of carbonyl (C=O) groups is 4. The number of carbonyl (C=O) groups excluding carboxylic acids is 4. The Morgan fingerprint density at radius 1 is 1.00 bits per heavy atom. The maximum atomic E-state index is 13.3. The lowest BCUT2D eigenvalue weighted by Crippen LogP contribution is -2.54. The lowest BCUT2D eigenvalue weighted by Gasteiger charge is -2.26. The summed E-state index contributed by atoms with van der Waals surface area (Å²) in [5.41, 5.74) is 1.56. The molecule has 1 fully saturated rings. The van der Waals surface area contributed by atoms with Gasteiger partial charge in [-0.25, -0.2) is 14.5 Å². The Balaban J connectivity index is 1.61. The van der Waals surface area contributed by atoms with E-state index in [1.807, 2.05) is 24.3 Å². The van der Waals surface area contributed by atoms with E-state index in [0.717, 1.165) is 14.9 Å². The zero-order valence-corrected chi connectivity index (χ0v) is 24.0. The summed E-state index contributed by atoms with van der Waals surface area (Å²) in [6, 6.07) is 15.7. The summed E-state index contributed by atoms with van der Waals surface area (Å²) in [6.07, 6.45) is 1.36. The topological polar surface area (TPSA) is 111 Å². The Hall–Kier alpha value is -3.96. The van der Waals surface area contributed by atoms with Crippen molar-refractivity contribution >= 4 is 67.4 Å². The lowest BCUT2D eigenvalue weighted by atomic mass is 10.1. The SMILES string of the molecule is CCOC(=O)c1ccc(N2C(=O)NC(=O)/C(=C\c3cc(Br)c(OCc4ccccc4Br)c(OC)c3)C2=O)cc1. The van der Waals surface area contributed by atoms with Crippen LogP contribution in [0, 0.1) is 0 Å². The fourth-order valence-electron chi connectivity index (χ4n) is 3.75. The van der Waals surface area contributed by atoms with Crippen LogP contribution in [0.1, 0.15) is 28.4 Å². The van der Waals surface area contributed by atoms with Crippen LogP contribution >= 0.6 is 31.9 Å². The summed E-state index contributed by atoms with van der Waals surface area (Å²) in [5, 5.41) is 2.18. The Morgan fingerprint density at radius 2 is 1.72 bits per heavy atom. The molecule has 200 valence electrons. The third-order valence-electron chi connectivity index (χ3n) is 5.63. The predicted molar refractivity (Wildman–Crippen MR) is 151 cm³/mol. The number of halogens is 2. The molecular formula is C28H22Br2N2O7. The Morgan fingerprint density at radius 3 is 2.38 bits per heavy atom. The van der Waals surface area contributed by atoms with Crippen molar-refractivity contribution in [2.24, 2.45) is 0 Å². The highest BCUT2D eigenvalue weighted by atomic mass is 79.9. The zero-order valence-electron chi connectivity index (χ0n) is 20.8. The first-order chi connectivity index (χ1) is 18.7. The van der Waals surface area contributed by atoms with Crippen LogP contribution in [0.5, 0.6) is 11.5 Å². The predicted octanol–water partition coefficient (Wildman–Crippen LogP) is 5.64. The molecule has 9 nitrogen and oxygen atoms in total. The average Bonchev–Trinajstić information content (AvgIpc) is 2.91. The second-order valence-electron chi connectivity index (χ2n) is 8.14. The van der Waals surface area contributed by atoms with Crippen LogP contribution in [0.4, 0.5) is 10.5 Å². The highest BCUT2D eigenvalue weighted by Crippen LogP contribution is 2.38. The first-order valence-electron chi connectivity index (χ1n) is 11.7. The standard InChI is InChI=1S/C28H22Br2N2O7/c1-3-38-27(35)17-8-10-19(11-9-17)32-26(34)20(25(33)31-28(32)36)12-16-13-22(30)24(23(14-16)37-2)39-15-18-6-4-5-7-21(18)29/h4-14H,3,15H2,1-2H3,(H,31,33,36)/b20-12+. The fourth-order valence-corrected chi connectivity index (χ4v) is 4.72. The number of hydrogen-bond donors (Lipinski definition) is 1. The van der Waals surface area contributed by atoms with Gasteiger partial charge in [0, 0.05) is 10.0 Å². The number of barbiturate groups is 1. The molecule has 3 aromatic rings. The smallest absolute Gasteiger partial charge is 0.338 e. The van der Waals surface area contributed by atoms with Crippen molar-refractivity contribution < 1.29 is 33.4 Å². The molecule has 4 rings (SSSR count). The number of benzene rings is 3. The molecule has 3 aromatic carbocycles. The van der Waals surface area contributed by atoms with E-state index in [9.17, 15) is 19.2 Å². The molecule has 0 bridgehead atoms. The zero-order chi connectivity index (χ0) is 28.1. The molecule has 1 saturated heterocycles. The van der Waals surface area contributed by atoms with Gasteiger partial charge in [0.1, 0.15) is 12.2 Å². The van der Waals surface area contributed by atoms with Crippen LogP contribution < -0.4 is 19.7 Å². The molecule has 0 aromatic heterocycles. The van der Waals surface area contributed by atoms with Gasteiger partial charge in [0.2, 0.25) is 0 Å². The summed E-state index contributed by atoms with van der Waals surface area (Å²) in [5.74, 6) is -1.38. The molecule has 1 N–H and O–H groups in total. The molecule has 39 heavy (non-hydrogen) atoms. The Kier molecular flexibility index (Phi) is 8.82. The van der Waals surface area contributed by atoms with E-state index in [4.69, 9.17) is 14.2 Å². The van der Waals surface area contributed by atoms with Gasteiger partial charge in [-0.05, 0) is 77.0 Å². The van der Waals surface area contributed by atoms with Gasteiger partial charge >= 0.3 is 12.0 Å². The second kappa shape index (κ2) is 12.3. The van der Waals surface area contributed by atoms with E-state index in [0.29, 0.717) is 21.5 Å². The van der Waals surface area contributed by atoms with Gasteiger partial charge in [-0.15, -0.1) is 0 Å². The third-order valence-corrected chi connectivity index (χ3v) is 6.99. The highest BCUT2D eigenvalue weighted by molar-refractivity contribution is 9.10. The van der Waals surface area contributed by atoms with Crippen LogP contribution in [0.2, 0.25) is 0 Å². The van der Waals surface area contributed by atoms with Crippen molar-refractivity contribution in [2.75, 3.05) is 18.6 Å². The molecule has 11 heteroatoms. The summed E-state index contributed by atoms with van der Waals surface area (Å²) < 4.78 is 17.9. The quantitative estimate of drug-likeness (QED) is 0.190.